The Kier molecular flexibility index (Phi) is 6.95. The minimum absolute atomic E-state index is 0.0189. The SMILES string of the molecule is O=C(CSCc1ccccc1F)NCCCN1CCCc2ccccc21. The average Bonchev–Trinajstić information content (AvgIpc) is 2.67. The Morgan fingerprint density at radius 3 is 2.85 bits per heavy atom. The van der Waals surface area contributed by atoms with Crippen molar-refractivity contribution in [3.63, 3.8) is 0 Å². The molecular weight excluding hydrogens is 347 g/mol. The third-order valence-corrected chi connectivity index (χ3v) is 5.56. The van der Waals surface area contributed by atoms with Crippen LogP contribution < -0.4 is 10.2 Å². The van der Waals surface area contributed by atoms with Crippen LogP contribution in [0.3, 0.4) is 0 Å². The van der Waals surface area contributed by atoms with Crippen molar-refractivity contribution in [1.82, 2.24) is 5.32 Å². The fraction of sp³-hybridized carbons (Fsp3) is 0.381. The van der Waals surface area contributed by atoms with E-state index in [1.807, 2.05) is 6.07 Å². The molecule has 1 aliphatic rings. The first-order valence-electron chi connectivity index (χ1n) is 9.15. The van der Waals surface area contributed by atoms with E-state index in [0.717, 1.165) is 25.9 Å². The Balaban J connectivity index is 1.33. The van der Waals surface area contributed by atoms with Crippen LogP contribution in [0.1, 0.15) is 24.0 Å². The number of thioether (sulfide) groups is 1. The zero-order valence-electron chi connectivity index (χ0n) is 14.9. The van der Waals surface area contributed by atoms with Crippen molar-refractivity contribution in [2.75, 3.05) is 30.3 Å². The van der Waals surface area contributed by atoms with Gasteiger partial charge in [0.25, 0.3) is 0 Å². The van der Waals surface area contributed by atoms with Gasteiger partial charge in [0, 0.05) is 31.1 Å². The predicted molar refractivity (Wildman–Crippen MR) is 107 cm³/mol. The molecule has 0 saturated carbocycles. The molecule has 5 heteroatoms. The van der Waals surface area contributed by atoms with E-state index in [1.54, 1.807) is 12.1 Å². The lowest BCUT2D eigenvalue weighted by Gasteiger charge is -2.31. The van der Waals surface area contributed by atoms with Crippen molar-refractivity contribution in [3.8, 4) is 0 Å². The lowest BCUT2D eigenvalue weighted by atomic mass is 10.0. The summed E-state index contributed by atoms with van der Waals surface area (Å²) in [5.41, 5.74) is 3.41. The molecule has 0 spiro atoms. The number of rotatable bonds is 8. The zero-order chi connectivity index (χ0) is 18.2. The summed E-state index contributed by atoms with van der Waals surface area (Å²) in [4.78, 5) is 14.3. The highest BCUT2D eigenvalue weighted by Crippen LogP contribution is 2.26. The van der Waals surface area contributed by atoms with Gasteiger partial charge in [-0.1, -0.05) is 36.4 Å². The topological polar surface area (TPSA) is 32.3 Å². The number of nitrogens with zero attached hydrogens (tertiary/aromatic N) is 1. The van der Waals surface area contributed by atoms with Gasteiger partial charge in [-0.05, 0) is 42.5 Å². The maximum absolute atomic E-state index is 13.5. The van der Waals surface area contributed by atoms with E-state index in [4.69, 9.17) is 0 Å². The lowest BCUT2D eigenvalue weighted by molar-refractivity contribution is -0.118. The minimum Gasteiger partial charge on any atom is -0.371 e. The number of hydrogen-bond acceptors (Lipinski definition) is 3. The van der Waals surface area contributed by atoms with E-state index in [9.17, 15) is 9.18 Å². The second kappa shape index (κ2) is 9.62. The van der Waals surface area contributed by atoms with E-state index in [2.05, 4.69) is 34.5 Å². The standard InChI is InChI=1S/C21H25FN2OS/c22-19-10-3-1-8-18(19)15-26-16-21(25)23-12-6-14-24-13-5-9-17-7-2-4-11-20(17)24/h1-4,7-8,10-11H,5-6,9,12-16H2,(H,23,25). The van der Waals surface area contributed by atoms with E-state index in [1.165, 1.54) is 35.5 Å². The summed E-state index contributed by atoms with van der Waals surface area (Å²) in [7, 11) is 0. The molecule has 2 aromatic rings. The molecule has 138 valence electrons. The predicted octanol–water partition coefficient (Wildman–Crippen LogP) is 4.02. The van der Waals surface area contributed by atoms with Gasteiger partial charge in [0.05, 0.1) is 5.75 Å². The molecule has 0 fully saturated rings. The third kappa shape index (κ3) is 5.24. The highest BCUT2D eigenvalue weighted by atomic mass is 32.2. The van der Waals surface area contributed by atoms with Gasteiger partial charge in [-0.15, -0.1) is 11.8 Å². The number of benzene rings is 2. The number of hydrogen-bond donors (Lipinski definition) is 1. The number of carbonyl (C=O) groups is 1. The fourth-order valence-electron chi connectivity index (χ4n) is 3.26. The highest BCUT2D eigenvalue weighted by molar-refractivity contribution is 7.99. The first kappa shape index (κ1) is 18.8. The molecule has 0 bridgehead atoms. The van der Waals surface area contributed by atoms with Crippen LogP contribution in [0.5, 0.6) is 0 Å². The zero-order valence-corrected chi connectivity index (χ0v) is 15.7. The quantitative estimate of drug-likeness (QED) is 0.711. The second-order valence-corrected chi connectivity index (χ2v) is 7.49. The molecule has 0 aliphatic carbocycles. The Labute approximate surface area is 159 Å². The number of carbonyl (C=O) groups excluding carboxylic acids is 1. The van der Waals surface area contributed by atoms with E-state index in [0.29, 0.717) is 23.6 Å². The van der Waals surface area contributed by atoms with Crippen LogP contribution in [-0.4, -0.2) is 31.3 Å². The summed E-state index contributed by atoms with van der Waals surface area (Å²) in [6.45, 7) is 2.72. The number of aryl methyl sites for hydroxylation is 1. The van der Waals surface area contributed by atoms with Crippen LogP contribution in [0.15, 0.2) is 48.5 Å². The van der Waals surface area contributed by atoms with Gasteiger partial charge in [0.1, 0.15) is 5.82 Å². The van der Waals surface area contributed by atoms with Gasteiger partial charge in [-0.3, -0.25) is 4.79 Å². The van der Waals surface area contributed by atoms with Gasteiger partial charge in [0.2, 0.25) is 5.91 Å². The Hall–Kier alpha value is -2.01. The van der Waals surface area contributed by atoms with Crippen LogP contribution in [-0.2, 0) is 17.0 Å². The molecule has 3 nitrogen and oxygen atoms in total. The largest absolute Gasteiger partial charge is 0.371 e. The maximum Gasteiger partial charge on any atom is 0.230 e. The van der Waals surface area contributed by atoms with Gasteiger partial charge in [-0.25, -0.2) is 4.39 Å². The highest BCUT2D eigenvalue weighted by Gasteiger charge is 2.15. The van der Waals surface area contributed by atoms with Gasteiger partial charge in [-0.2, -0.15) is 0 Å². The monoisotopic (exact) mass is 372 g/mol. The molecule has 1 aliphatic heterocycles. The van der Waals surface area contributed by atoms with Crippen molar-refractivity contribution in [2.45, 2.75) is 25.0 Å². The normalized spacial score (nSPS) is 13.3. The summed E-state index contributed by atoms with van der Waals surface area (Å²) in [6.07, 6.45) is 3.27. The molecule has 0 atom stereocenters. The summed E-state index contributed by atoms with van der Waals surface area (Å²) in [6, 6.07) is 15.3. The van der Waals surface area contributed by atoms with Crippen LogP contribution in [0, 0.1) is 5.82 Å². The van der Waals surface area contributed by atoms with Crippen LogP contribution >= 0.6 is 11.8 Å². The summed E-state index contributed by atoms with van der Waals surface area (Å²) in [5, 5.41) is 2.97. The molecule has 0 aromatic heterocycles. The average molecular weight is 373 g/mol. The summed E-state index contributed by atoms with van der Waals surface area (Å²) < 4.78 is 13.5. The number of nitrogens with one attached hydrogen (secondary N) is 1. The minimum atomic E-state index is -0.206. The number of fused-ring (bicyclic) bond motifs is 1. The Morgan fingerprint density at radius 1 is 1.15 bits per heavy atom. The molecule has 0 unspecified atom stereocenters. The lowest BCUT2D eigenvalue weighted by Crippen LogP contribution is -2.33. The van der Waals surface area contributed by atoms with Crippen molar-refractivity contribution >= 4 is 23.4 Å². The van der Waals surface area contributed by atoms with Crippen LogP contribution in [0.2, 0.25) is 0 Å². The van der Waals surface area contributed by atoms with E-state index < -0.39 is 0 Å². The summed E-state index contributed by atoms with van der Waals surface area (Å²) >= 11 is 1.44. The molecule has 1 N–H and O–H groups in total. The van der Waals surface area contributed by atoms with Crippen molar-refractivity contribution in [1.29, 1.82) is 0 Å². The fourth-order valence-corrected chi connectivity index (χ4v) is 4.11. The molecule has 1 heterocycles. The molecule has 0 saturated heterocycles. The third-order valence-electron chi connectivity index (χ3n) is 4.58. The van der Waals surface area contributed by atoms with E-state index in [-0.39, 0.29) is 11.7 Å². The Morgan fingerprint density at radius 2 is 1.96 bits per heavy atom. The van der Waals surface area contributed by atoms with Gasteiger partial charge < -0.3 is 10.2 Å². The van der Waals surface area contributed by atoms with Crippen molar-refractivity contribution < 1.29 is 9.18 Å². The smallest absolute Gasteiger partial charge is 0.230 e. The molecule has 3 rings (SSSR count). The van der Waals surface area contributed by atoms with E-state index >= 15 is 0 Å². The second-order valence-electron chi connectivity index (χ2n) is 6.51. The first-order chi connectivity index (χ1) is 12.7. The molecular formula is C21H25FN2OS. The van der Waals surface area contributed by atoms with Gasteiger partial charge >= 0.3 is 0 Å². The van der Waals surface area contributed by atoms with Crippen LogP contribution in [0.25, 0.3) is 0 Å². The molecule has 1 amide bonds. The van der Waals surface area contributed by atoms with Crippen molar-refractivity contribution in [3.05, 3.63) is 65.5 Å². The van der Waals surface area contributed by atoms with Gasteiger partial charge in [0.15, 0.2) is 0 Å². The molecule has 0 radical (unpaired) electrons. The summed E-state index contributed by atoms with van der Waals surface area (Å²) in [5.74, 6) is 0.693. The first-order valence-corrected chi connectivity index (χ1v) is 10.3. The Bertz CT molecular complexity index is 737. The maximum atomic E-state index is 13.5. The number of anilines is 1. The number of halogens is 1. The molecule has 26 heavy (non-hydrogen) atoms. The number of para-hydroxylation sites is 1. The van der Waals surface area contributed by atoms with Crippen molar-refractivity contribution in [2.24, 2.45) is 0 Å². The molecule has 2 aromatic carbocycles. The number of amides is 1. The van der Waals surface area contributed by atoms with Crippen LogP contribution in [0.4, 0.5) is 10.1 Å².